The molecular weight excluding hydrogens is 372 g/mol. The smallest absolute Gasteiger partial charge is 0.137 e. The Morgan fingerprint density at radius 1 is 1.00 bits per heavy atom. The lowest BCUT2D eigenvalue weighted by atomic mass is 9.90. The van der Waals surface area contributed by atoms with E-state index in [1.165, 1.54) is 17.7 Å². The zero-order chi connectivity index (χ0) is 20.3. The van der Waals surface area contributed by atoms with E-state index in [0.717, 1.165) is 42.8 Å². The van der Waals surface area contributed by atoms with Gasteiger partial charge in [0.15, 0.2) is 0 Å². The average molecular weight is 399 g/mol. The normalized spacial score (nSPS) is 19.9. The van der Waals surface area contributed by atoms with Crippen molar-refractivity contribution in [3.8, 4) is 0 Å². The zero-order valence-electron chi connectivity index (χ0n) is 17.2. The van der Waals surface area contributed by atoms with Gasteiger partial charge in [-0.15, -0.1) is 0 Å². The fourth-order valence-corrected chi connectivity index (χ4v) is 4.64. The summed E-state index contributed by atoms with van der Waals surface area (Å²) in [7, 11) is 0. The van der Waals surface area contributed by atoms with Crippen LogP contribution in [0.2, 0.25) is 0 Å². The molecule has 0 N–H and O–H groups in total. The lowest BCUT2D eigenvalue weighted by Crippen LogP contribution is -2.38. The number of piperidine rings is 1. The Balaban J connectivity index is 1.51. The van der Waals surface area contributed by atoms with E-state index in [0.29, 0.717) is 0 Å². The van der Waals surface area contributed by atoms with Gasteiger partial charge < -0.3 is 4.40 Å². The van der Waals surface area contributed by atoms with Crippen molar-refractivity contribution < 1.29 is 0 Å². The molecule has 2 atom stereocenters. The van der Waals surface area contributed by atoms with Crippen LogP contribution in [0.4, 0.5) is 0 Å². The van der Waals surface area contributed by atoms with Gasteiger partial charge in [-0.05, 0) is 49.9 Å². The van der Waals surface area contributed by atoms with Crippen molar-refractivity contribution in [3.05, 3.63) is 90.2 Å². The third kappa shape index (κ3) is 3.71. The Morgan fingerprint density at radius 3 is 2.77 bits per heavy atom. The molecule has 1 aliphatic heterocycles. The molecule has 152 valence electrons. The van der Waals surface area contributed by atoms with Gasteiger partial charge in [-0.25, -0.2) is 4.98 Å². The van der Waals surface area contributed by atoms with Crippen LogP contribution in [0.3, 0.4) is 0 Å². The summed E-state index contributed by atoms with van der Waals surface area (Å²) in [5, 5.41) is 0. The number of fused-ring (bicyclic) bond motifs is 1. The highest BCUT2D eigenvalue weighted by molar-refractivity contribution is 5.40. The largest absolute Gasteiger partial charge is 0.307 e. The van der Waals surface area contributed by atoms with Crippen LogP contribution in [0.25, 0.3) is 5.65 Å². The van der Waals surface area contributed by atoms with Crippen molar-refractivity contribution in [2.75, 3.05) is 6.54 Å². The van der Waals surface area contributed by atoms with Crippen molar-refractivity contribution in [1.82, 2.24) is 29.2 Å². The van der Waals surface area contributed by atoms with Crippen molar-refractivity contribution in [3.63, 3.8) is 0 Å². The van der Waals surface area contributed by atoms with Crippen molar-refractivity contribution in [2.24, 2.45) is 0 Å². The molecule has 0 saturated carbocycles. The first-order chi connectivity index (χ1) is 14.8. The topological polar surface area (TPSA) is 59.2 Å². The summed E-state index contributed by atoms with van der Waals surface area (Å²) in [5.74, 6) is 0. The maximum Gasteiger partial charge on any atom is 0.137 e. The van der Waals surface area contributed by atoms with Gasteiger partial charge in [0, 0.05) is 50.1 Å². The summed E-state index contributed by atoms with van der Waals surface area (Å²) in [6, 6.07) is 10.9. The van der Waals surface area contributed by atoms with Gasteiger partial charge in [0.25, 0.3) is 0 Å². The number of pyridine rings is 2. The Morgan fingerprint density at radius 2 is 1.93 bits per heavy atom. The van der Waals surface area contributed by atoms with E-state index in [1.807, 2.05) is 30.6 Å². The predicted molar refractivity (Wildman–Crippen MR) is 116 cm³/mol. The number of imidazole rings is 1. The molecule has 30 heavy (non-hydrogen) atoms. The molecule has 0 unspecified atom stereocenters. The zero-order valence-corrected chi connectivity index (χ0v) is 17.2. The minimum absolute atomic E-state index is 0.265. The van der Waals surface area contributed by atoms with E-state index in [4.69, 9.17) is 9.97 Å². The van der Waals surface area contributed by atoms with Crippen molar-refractivity contribution >= 4 is 5.65 Å². The molecule has 1 saturated heterocycles. The molecule has 5 heterocycles. The number of likely N-dealkylation sites (tertiary alicyclic amines) is 1. The quantitative estimate of drug-likeness (QED) is 0.500. The highest BCUT2D eigenvalue weighted by atomic mass is 15.2. The van der Waals surface area contributed by atoms with Crippen LogP contribution in [0.15, 0.2) is 67.5 Å². The molecule has 4 aromatic rings. The fourth-order valence-electron chi connectivity index (χ4n) is 4.64. The van der Waals surface area contributed by atoms with Gasteiger partial charge >= 0.3 is 0 Å². The molecule has 0 amide bonds. The third-order valence-electron chi connectivity index (χ3n) is 6.09. The summed E-state index contributed by atoms with van der Waals surface area (Å²) in [6.07, 6.45) is 15.8. The summed E-state index contributed by atoms with van der Waals surface area (Å²) < 4.78 is 2.12. The summed E-state index contributed by atoms with van der Waals surface area (Å²) in [4.78, 5) is 21.1. The minimum atomic E-state index is 0.265. The SMILES string of the molecule is Cc1cccnc1[C@@H]1CCC[C@H](c2cn3ccccc3n2)N1CCc1cnccn1. The number of nitrogens with zero attached hydrogens (tertiary/aromatic N) is 6. The van der Waals surface area contributed by atoms with Gasteiger partial charge in [-0.1, -0.05) is 12.1 Å². The fraction of sp³-hybridized carbons (Fsp3) is 0.333. The molecule has 0 spiro atoms. The van der Waals surface area contributed by atoms with Gasteiger partial charge in [0.05, 0.1) is 29.2 Å². The number of hydrogen-bond acceptors (Lipinski definition) is 5. The van der Waals surface area contributed by atoms with E-state index in [9.17, 15) is 0 Å². The van der Waals surface area contributed by atoms with E-state index in [1.54, 1.807) is 12.4 Å². The van der Waals surface area contributed by atoms with Gasteiger partial charge in [0.2, 0.25) is 0 Å². The lowest BCUT2D eigenvalue weighted by molar-refractivity contribution is 0.0779. The second kappa shape index (κ2) is 8.32. The Kier molecular flexibility index (Phi) is 5.24. The van der Waals surface area contributed by atoms with Crippen LogP contribution in [-0.2, 0) is 6.42 Å². The summed E-state index contributed by atoms with van der Waals surface area (Å²) >= 11 is 0. The molecular formula is C24H26N6. The highest BCUT2D eigenvalue weighted by Gasteiger charge is 2.35. The van der Waals surface area contributed by atoms with Crippen LogP contribution in [-0.4, -0.2) is 35.8 Å². The molecule has 6 heteroatoms. The number of aryl methyl sites for hydroxylation is 1. The Bertz CT molecular complexity index is 1090. The van der Waals surface area contributed by atoms with Gasteiger partial charge in [-0.2, -0.15) is 0 Å². The van der Waals surface area contributed by atoms with Gasteiger partial charge in [-0.3, -0.25) is 19.9 Å². The van der Waals surface area contributed by atoms with Crippen LogP contribution in [0.1, 0.15) is 54.0 Å². The van der Waals surface area contributed by atoms with E-state index < -0.39 is 0 Å². The predicted octanol–water partition coefficient (Wildman–Crippen LogP) is 4.34. The molecule has 1 fully saturated rings. The number of aromatic nitrogens is 5. The average Bonchev–Trinajstić information content (AvgIpc) is 3.23. The molecule has 1 aliphatic rings. The molecule has 0 bridgehead atoms. The maximum absolute atomic E-state index is 4.97. The Hall–Kier alpha value is -3.12. The second-order valence-corrected chi connectivity index (χ2v) is 7.98. The molecule has 5 rings (SSSR count). The molecule has 0 radical (unpaired) electrons. The summed E-state index contributed by atoms with van der Waals surface area (Å²) in [6.45, 7) is 3.07. The van der Waals surface area contributed by atoms with Crippen LogP contribution in [0.5, 0.6) is 0 Å². The molecule has 6 nitrogen and oxygen atoms in total. The highest BCUT2D eigenvalue weighted by Crippen LogP contribution is 2.41. The van der Waals surface area contributed by atoms with Crippen molar-refractivity contribution in [2.45, 2.75) is 44.7 Å². The van der Waals surface area contributed by atoms with Crippen LogP contribution in [0, 0.1) is 6.92 Å². The molecule has 0 aliphatic carbocycles. The first kappa shape index (κ1) is 18.9. The van der Waals surface area contributed by atoms with Gasteiger partial charge in [0.1, 0.15) is 5.65 Å². The van der Waals surface area contributed by atoms with E-state index in [-0.39, 0.29) is 12.1 Å². The lowest BCUT2D eigenvalue weighted by Gasteiger charge is -2.41. The first-order valence-corrected chi connectivity index (χ1v) is 10.7. The van der Waals surface area contributed by atoms with Crippen molar-refractivity contribution in [1.29, 1.82) is 0 Å². The minimum Gasteiger partial charge on any atom is -0.307 e. The first-order valence-electron chi connectivity index (χ1n) is 10.7. The Labute approximate surface area is 176 Å². The van der Waals surface area contributed by atoms with Crippen LogP contribution < -0.4 is 0 Å². The molecule has 0 aromatic carbocycles. The maximum atomic E-state index is 4.97. The summed E-state index contributed by atoms with van der Waals surface area (Å²) in [5.41, 5.74) is 5.59. The standard InChI is InChI=1S/C24H26N6/c1-18-6-5-11-27-24(18)22-8-4-7-21(20-17-29-14-3-2-9-23(29)28-20)30(22)15-10-19-16-25-12-13-26-19/h2-3,5-6,9,11-14,16-17,21-22H,4,7-8,10,15H2,1H3/t21-,22+/m1/s1. The molecule has 4 aromatic heterocycles. The van der Waals surface area contributed by atoms with E-state index in [2.05, 4.69) is 50.7 Å². The van der Waals surface area contributed by atoms with E-state index >= 15 is 0 Å². The third-order valence-corrected chi connectivity index (χ3v) is 6.09. The monoisotopic (exact) mass is 398 g/mol. The number of rotatable bonds is 5. The van der Waals surface area contributed by atoms with Crippen LogP contribution >= 0.6 is 0 Å². The number of hydrogen-bond donors (Lipinski definition) is 0. The second-order valence-electron chi connectivity index (χ2n) is 7.98.